The first kappa shape index (κ1) is 19.6. The summed E-state index contributed by atoms with van der Waals surface area (Å²) in [7, 11) is 3.18. The summed E-state index contributed by atoms with van der Waals surface area (Å²) in [5, 5.41) is 10.5. The number of methoxy groups -OCH3 is 1. The molecule has 0 aliphatic rings. The molecular weight excluding hydrogens is 356 g/mol. The number of carbonyl (C=O) groups is 2. The maximum absolute atomic E-state index is 13.2. The number of fused-ring (bicyclic) bond motifs is 1. The minimum Gasteiger partial charge on any atom is -0.480 e. The van der Waals surface area contributed by atoms with Gasteiger partial charge in [0.2, 0.25) is 0 Å². The van der Waals surface area contributed by atoms with Crippen LogP contribution in [0.15, 0.2) is 60.8 Å². The number of aliphatic carboxylic acids is 1. The molecule has 0 spiro atoms. The second kappa shape index (κ2) is 8.71. The Bertz CT molecular complexity index is 965. The normalized spacial score (nSPS) is 12.1. The first-order valence-electron chi connectivity index (χ1n) is 9.13. The Morgan fingerprint density at radius 2 is 1.79 bits per heavy atom. The molecule has 2 aromatic carbocycles. The summed E-state index contributed by atoms with van der Waals surface area (Å²) in [6, 6.07) is 16.0. The summed E-state index contributed by atoms with van der Waals surface area (Å²) in [6.07, 6.45) is 2.03. The van der Waals surface area contributed by atoms with E-state index >= 15 is 0 Å². The number of likely N-dealkylation sites (N-methyl/N-ethyl adjacent to an activating group) is 1. The van der Waals surface area contributed by atoms with Gasteiger partial charge in [0, 0.05) is 44.2 Å². The molecule has 1 heterocycles. The molecule has 28 heavy (non-hydrogen) atoms. The highest BCUT2D eigenvalue weighted by Gasteiger charge is 2.29. The molecule has 0 bridgehead atoms. The summed E-state index contributed by atoms with van der Waals surface area (Å²) in [6.45, 7) is 1.13. The molecule has 1 amide bonds. The Labute approximate surface area is 163 Å². The Balaban J connectivity index is 1.92. The lowest BCUT2D eigenvalue weighted by Gasteiger charge is -2.25. The highest BCUT2D eigenvalue weighted by molar-refractivity contribution is 6.07. The molecule has 1 atom stereocenters. The van der Waals surface area contributed by atoms with Crippen molar-refractivity contribution in [3.05, 3.63) is 71.9 Å². The fraction of sp³-hybridized carbons (Fsp3) is 0.273. The van der Waals surface area contributed by atoms with Gasteiger partial charge in [-0.25, -0.2) is 4.79 Å². The van der Waals surface area contributed by atoms with E-state index in [4.69, 9.17) is 4.74 Å². The number of ether oxygens (including phenoxy) is 1. The number of carboxylic acid groups (broad SMARTS) is 1. The number of rotatable bonds is 8. The predicted molar refractivity (Wildman–Crippen MR) is 107 cm³/mol. The van der Waals surface area contributed by atoms with Crippen LogP contribution in [0.4, 0.5) is 0 Å². The van der Waals surface area contributed by atoms with Crippen LogP contribution in [0.5, 0.6) is 0 Å². The summed E-state index contributed by atoms with van der Waals surface area (Å²) >= 11 is 0. The fourth-order valence-electron chi connectivity index (χ4n) is 3.35. The van der Waals surface area contributed by atoms with Crippen LogP contribution in [0.25, 0.3) is 10.9 Å². The standard InChI is InChI=1S/C22H24N2O4/c1-23(20(22(26)27)14-16-8-4-3-5-9-16)21(25)18-15-24(12-13-28-2)19-11-7-6-10-17(18)19/h3-11,15,20H,12-14H2,1-2H3,(H,26,27). The lowest BCUT2D eigenvalue weighted by Crippen LogP contribution is -2.43. The quantitative estimate of drug-likeness (QED) is 0.652. The van der Waals surface area contributed by atoms with Gasteiger partial charge in [0.15, 0.2) is 0 Å². The van der Waals surface area contributed by atoms with E-state index in [1.807, 2.05) is 59.2 Å². The molecule has 1 N–H and O–H groups in total. The highest BCUT2D eigenvalue weighted by atomic mass is 16.5. The van der Waals surface area contributed by atoms with E-state index in [1.54, 1.807) is 20.4 Å². The van der Waals surface area contributed by atoms with Crippen molar-refractivity contribution in [2.75, 3.05) is 20.8 Å². The molecule has 0 saturated carbocycles. The SMILES string of the molecule is COCCn1cc(C(=O)N(C)C(Cc2ccccc2)C(=O)O)c2ccccc21. The Hall–Kier alpha value is -3.12. The van der Waals surface area contributed by atoms with Crippen molar-refractivity contribution >= 4 is 22.8 Å². The van der Waals surface area contributed by atoms with Gasteiger partial charge in [-0.15, -0.1) is 0 Å². The molecule has 0 fully saturated rings. The zero-order valence-corrected chi connectivity index (χ0v) is 16.0. The van der Waals surface area contributed by atoms with Crippen molar-refractivity contribution in [3.8, 4) is 0 Å². The van der Waals surface area contributed by atoms with Crippen molar-refractivity contribution in [3.63, 3.8) is 0 Å². The third-order valence-corrected chi connectivity index (χ3v) is 4.90. The van der Waals surface area contributed by atoms with Gasteiger partial charge in [-0.2, -0.15) is 0 Å². The van der Waals surface area contributed by atoms with E-state index in [0.717, 1.165) is 16.5 Å². The van der Waals surface area contributed by atoms with Crippen LogP contribution in [0, 0.1) is 0 Å². The highest BCUT2D eigenvalue weighted by Crippen LogP contribution is 2.23. The summed E-state index contributed by atoms with van der Waals surface area (Å²) in [4.78, 5) is 26.4. The molecule has 0 aliphatic heterocycles. The van der Waals surface area contributed by atoms with Crippen LogP contribution in [0.1, 0.15) is 15.9 Å². The van der Waals surface area contributed by atoms with Crippen molar-refractivity contribution in [2.45, 2.75) is 19.0 Å². The third-order valence-electron chi connectivity index (χ3n) is 4.90. The molecule has 0 radical (unpaired) electrons. The Morgan fingerprint density at radius 1 is 1.11 bits per heavy atom. The molecular formula is C22H24N2O4. The number of hydrogen-bond donors (Lipinski definition) is 1. The van der Waals surface area contributed by atoms with Gasteiger partial charge in [-0.1, -0.05) is 48.5 Å². The van der Waals surface area contributed by atoms with Gasteiger partial charge >= 0.3 is 5.97 Å². The van der Waals surface area contributed by atoms with Crippen molar-refractivity contribution < 1.29 is 19.4 Å². The van der Waals surface area contributed by atoms with E-state index < -0.39 is 12.0 Å². The largest absolute Gasteiger partial charge is 0.480 e. The van der Waals surface area contributed by atoms with Gasteiger partial charge in [0.05, 0.1) is 12.2 Å². The van der Waals surface area contributed by atoms with Crippen LogP contribution in [-0.2, 0) is 22.5 Å². The van der Waals surface area contributed by atoms with Gasteiger partial charge in [0.1, 0.15) is 6.04 Å². The topological polar surface area (TPSA) is 71.8 Å². The van der Waals surface area contributed by atoms with Gasteiger partial charge in [-0.3, -0.25) is 4.79 Å². The minimum atomic E-state index is -1.03. The number of aromatic nitrogens is 1. The zero-order chi connectivity index (χ0) is 20.1. The van der Waals surface area contributed by atoms with E-state index in [2.05, 4.69) is 0 Å². The number of amides is 1. The minimum absolute atomic E-state index is 0.251. The van der Waals surface area contributed by atoms with Crippen molar-refractivity contribution in [2.24, 2.45) is 0 Å². The van der Waals surface area contributed by atoms with E-state index in [1.165, 1.54) is 4.90 Å². The molecule has 3 aromatic rings. The average molecular weight is 380 g/mol. The molecule has 1 aromatic heterocycles. The monoisotopic (exact) mass is 380 g/mol. The molecule has 1 unspecified atom stereocenters. The van der Waals surface area contributed by atoms with Gasteiger partial charge < -0.3 is 19.3 Å². The molecule has 3 rings (SSSR count). The number of benzene rings is 2. The first-order valence-corrected chi connectivity index (χ1v) is 9.13. The lowest BCUT2D eigenvalue weighted by atomic mass is 10.0. The first-order chi connectivity index (χ1) is 13.5. The number of hydrogen-bond acceptors (Lipinski definition) is 3. The van der Waals surface area contributed by atoms with Crippen molar-refractivity contribution in [1.82, 2.24) is 9.47 Å². The van der Waals surface area contributed by atoms with Crippen LogP contribution in [0.3, 0.4) is 0 Å². The second-order valence-electron chi connectivity index (χ2n) is 6.71. The summed E-state index contributed by atoms with van der Waals surface area (Å²) in [5.41, 5.74) is 2.29. The smallest absolute Gasteiger partial charge is 0.326 e. The summed E-state index contributed by atoms with van der Waals surface area (Å²) < 4.78 is 7.12. The molecule has 146 valence electrons. The lowest BCUT2D eigenvalue weighted by molar-refractivity contribution is -0.141. The third kappa shape index (κ3) is 4.07. The van der Waals surface area contributed by atoms with Crippen LogP contribution in [-0.4, -0.2) is 53.3 Å². The second-order valence-corrected chi connectivity index (χ2v) is 6.71. The average Bonchev–Trinajstić information content (AvgIpc) is 3.08. The number of carboxylic acids is 1. The molecule has 6 heteroatoms. The fourth-order valence-corrected chi connectivity index (χ4v) is 3.35. The maximum atomic E-state index is 13.2. The predicted octanol–water partition coefficient (Wildman–Crippen LogP) is 3.06. The maximum Gasteiger partial charge on any atom is 0.326 e. The van der Waals surface area contributed by atoms with E-state index in [-0.39, 0.29) is 12.3 Å². The van der Waals surface area contributed by atoms with Gasteiger partial charge in [-0.05, 0) is 11.6 Å². The van der Waals surface area contributed by atoms with Crippen LogP contribution < -0.4 is 0 Å². The Kier molecular flexibility index (Phi) is 6.11. The number of para-hydroxylation sites is 1. The van der Waals surface area contributed by atoms with E-state index in [0.29, 0.717) is 18.7 Å². The number of carbonyl (C=O) groups excluding carboxylic acids is 1. The van der Waals surface area contributed by atoms with E-state index in [9.17, 15) is 14.7 Å². The molecule has 0 saturated heterocycles. The van der Waals surface area contributed by atoms with Gasteiger partial charge in [0.25, 0.3) is 5.91 Å². The summed E-state index contributed by atoms with van der Waals surface area (Å²) in [5.74, 6) is -1.33. The number of nitrogens with zero attached hydrogens (tertiary/aromatic N) is 2. The molecule has 6 nitrogen and oxygen atoms in total. The van der Waals surface area contributed by atoms with Crippen molar-refractivity contribution in [1.29, 1.82) is 0 Å². The Morgan fingerprint density at radius 3 is 2.46 bits per heavy atom. The molecule has 0 aliphatic carbocycles. The zero-order valence-electron chi connectivity index (χ0n) is 16.0. The van der Waals surface area contributed by atoms with Crippen LogP contribution in [0.2, 0.25) is 0 Å². The van der Waals surface area contributed by atoms with Crippen LogP contribution >= 0.6 is 0 Å².